The smallest absolute Gasteiger partial charge is 0.274 e. The topological polar surface area (TPSA) is 110 Å². The molecule has 1 aliphatic heterocycles. The number of fused-ring (bicyclic) bond motifs is 1. The van der Waals surface area contributed by atoms with Crippen LogP contribution in [0.15, 0.2) is 59.5 Å². The number of carbonyl (C=O) groups is 3. The molecule has 1 fully saturated rings. The predicted octanol–water partition coefficient (Wildman–Crippen LogP) is 4.09. The summed E-state index contributed by atoms with van der Waals surface area (Å²) in [5.41, 5.74) is 1.38. The first-order chi connectivity index (χ1) is 15.3. The highest BCUT2D eigenvalue weighted by Crippen LogP contribution is 2.38. The van der Waals surface area contributed by atoms with Crippen molar-refractivity contribution < 1.29 is 19.3 Å². The molecule has 2 aromatic rings. The normalized spacial score (nSPS) is 19.7. The van der Waals surface area contributed by atoms with Gasteiger partial charge in [0.2, 0.25) is 17.7 Å². The van der Waals surface area contributed by atoms with Gasteiger partial charge in [0.25, 0.3) is 5.69 Å². The van der Waals surface area contributed by atoms with Gasteiger partial charge in [0, 0.05) is 22.2 Å². The monoisotopic (exact) mass is 451 g/mol. The number of anilines is 2. The van der Waals surface area contributed by atoms with Crippen molar-refractivity contribution in [2.45, 2.75) is 24.7 Å². The Bertz CT molecular complexity index is 1100. The standard InChI is InChI=1S/C23H21N3O5S/c1-14-6-7-15(12-20(14)26(30)31)24-21(27)13-32-17-10-8-16(9-11-17)25-22(28)18-4-2-3-5-19(18)23(25)29/h2-3,6-12,18-19H,4-5,13H2,1H3,(H,24,27)/t18-,19-/m0/s1. The molecule has 2 aliphatic rings. The average molecular weight is 452 g/mol. The lowest BCUT2D eigenvalue weighted by molar-refractivity contribution is -0.385. The fourth-order valence-corrected chi connectivity index (χ4v) is 4.67. The molecule has 4 rings (SSSR count). The van der Waals surface area contributed by atoms with Crippen LogP contribution in [0.3, 0.4) is 0 Å². The van der Waals surface area contributed by atoms with Crippen LogP contribution in [0, 0.1) is 28.9 Å². The molecule has 1 aliphatic carbocycles. The van der Waals surface area contributed by atoms with E-state index in [4.69, 9.17) is 0 Å². The molecule has 1 saturated heterocycles. The van der Waals surface area contributed by atoms with Crippen molar-refractivity contribution in [3.63, 3.8) is 0 Å². The largest absolute Gasteiger partial charge is 0.325 e. The number of carbonyl (C=O) groups excluding carboxylic acids is 3. The highest BCUT2D eigenvalue weighted by Gasteiger charge is 2.47. The van der Waals surface area contributed by atoms with Crippen molar-refractivity contribution in [3.8, 4) is 0 Å². The van der Waals surface area contributed by atoms with E-state index in [9.17, 15) is 24.5 Å². The molecule has 9 heteroatoms. The van der Waals surface area contributed by atoms with Gasteiger partial charge in [-0.1, -0.05) is 18.2 Å². The summed E-state index contributed by atoms with van der Waals surface area (Å²) in [7, 11) is 0. The lowest BCUT2D eigenvalue weighted by atomic mass is 9.85. The molecule has 0 aromatic heterocycles. The van der Waals surface area contributed by atoms with E-state index in [1.165, 1.54) is 22.7 Å². The molecule has 0 unspecified atom stereocenters. The fourth-order valence-electron chi connectivity index (χ4n) is 3.98. The van der Waals surface area contributed by atoms with E-state index in [0.717, 1.165) is 4.90 Å². The van der Waals surface area contributed by atoms with Crippen LogP contribution in [0.2, 0.25) is 0 Å². The third-order valence-corrected chi connectivity index (χ3v) is 6.67. The minimum Gasteiger partial charge on any atom is -0.325 e. The number of nitro groups is 1. The number of imide groups is 1. The maximum absolute atomic E-state index is 12.7. The summed E-state index contributed by atoms with van der Waals surface area (Å²) in [6, 6.07) is 11.5. The van der Waals surface area contributed by atoms with Crippen LogP contribution < -0.4 is 10.2 Å². The summed E-state index contributed by atoms with van der Waals surface area (Å²) in [6.07, 6.45) is 5.10. The lowest BCUT2D eigenvalue weighted by Gasteiger charge is -2.15. The molecule has 1 heterocycles. The minimum atomic E-state index is -0.484. The van der Waals surface area contributed by atoms with E-state index in [1.807, 2.05) is 12.2 Å². The van der Waals surface area contributed by atoms with Gasteiger partial charge in [0.05, 0.1) is 28.2 Å². The summed E-state index contributed by atoms with van der Waals surface area (Å²) in [4.78, 5) is 50.3. The number of benzene rings is 2. The molecule has 32 heavy (non-hydrogen) atoms. The van der Waals surface area contributed by atoms with Gasteiger partial charge in [0.15, 0.2) is 0 Å². The Labute approximate surface area is 188 Å². The Balaban J connectivity index is 1.36. The Morgan fingerprint density at radius 1 is 1.09 bits per heavy atom. The molecule has 1 N–H and O–H groups in total. The van der Waals surface area contributed by atoms with Gasteiger partial charge in [-0.25, -0.2) is 0 Å². The summed E-state index contributed by atoms with van der Waals surface area (Å²) < 4.78 is 0. The van der Waals surface area contributed by atoms with Crippen LogP contribution in [0.25, 0.3) is 0 Å². The molecule has 164 valence electrons. The SMILES string of the molecule is Cc1ccc(NC(=O)CSc2ccc(N3C(=O)[C@H]4CC=CC[C@@H]4C3=O)cc2)cc1[N+](=O)[O-]. The molecular formula is C23H21N3O5S. The fraction of sp³-hybridized carbons (Fsp3) is 0.261. The van der Waals surface area contributed by atoms with E-state index in [-0.39, 0.29) is 41.0 Å². The van der Waals surface area contributed by atoms with Crippen molar-refractivity contribution >= 4 is 46.5 Å². The van der Waals surface area contributed by atoms with Gasteiger partial charge in [-0.05, 0) is 50.1 Å². The van der Waals surface area contributed by atoms with Crippen molar-refractivity contribution in [2.24, 2.45) is 11.8 Å². The maximum atomic E-state index is 12.7. The van der Waals surface area contributed by atoms with Crippen molar-refractivity contribution in [1.82, 2.24) is 0 Å². The van der Waals surface area contributed by atoms with Crippen molar-refractivity contribution in [3.05, 3.63) is 70.3 Å². The van der Waals surface area contributed by atoms with Gasteiger partial charge < -0.3 is 5.32 Å². The number of thioether (sulfide) groups is 1. The average Bonchev–Trinajstić information content (AvgIpc) is 3.04. The van der Waals surface area contributed by atoms with Crippen LogP contribution in [-0.2, 0) is 14.4 Å². The lowest BCUT2D eigenvalue weighted by Crippen LogP contribution is -2.30. The Morgan fingerprint density at radius 2 is 1.72 bits per heavy atom. The molecule has 0 spiro atoms. The highest BCUT2D eigenvalue weighted by atomic mass is 32.2. The van der Waals surface area contributed by atoms with E-state index in [2.05, 4.69) is 5.32 Å². The van der Waals surface area contributed by atoms with E-state index in [1.54, 1.807) is 43.3 Å². The summed E-state index contributed by atoms with van der Waals surface area (Å²) in [5, 5.41) is 13.7. The predicted molar refractivity (Wildman–Crippen MR) is 121 cm³/mol. The van der Waals surface area contributed by atoms with Gasteiger partial charge in [-0.3, -0.25) is 29.4 Å². The number of hydrogen-bond acceptors (Lipinski definition) is 6. The first-order valence-corrected chi connectivity index (χ1v) is 11.1. The number of allylic oxidation sites excluding steroid dienone is 2. The first kappa shape index (κ1) is 21.8. The molecule has 0 bridgehead atoms. The Kier molecular flexibility index (Phi) is 6.09. The maximum Gasteiger partial charge on any atom is 0.274 e. The second-order valence-corrected chi connectivity index (χ2v) is 8.81. The zero-order chi connectivity index (χ0) is 22.8. The van der Waals surface area contributed by atoms with Gasteiger partial charge in [-0.2, -0.15) is 0 Å². The summed E-state index contributed by atoms with van der Waals surface area (Å²) >= 11 is 1.29. The zero-order valence-corrected chi connectivity index (χ0v) is 18.1. The van der Waals surface area contributed by atoms with Crippen LogP contribution in [0.4, 0.5) is 17.1 Å². The number of aryl methyl sites for hydroxylation is 1. The van der Waals surface area contributed by atoms with Crippen LogP contribution in [-0.4, -0.2) is 28.4 Å². The molecule has 0 saturated carbocycles. The van der Waals surface area contributed by atoms with Crippen molar-refractivity contribution in [1.29, 1.82) is 0 Å². The third kappa shape index (κ3) is 4.29. The van der Waals surface area contributed by atoms with Crippen molar-refractivity contribution in [2.75, 3.05) is 16.0 Å². The van der Waals surface area contributed by atoms with E-state index < -0.39 is 4.92 Å². The second kappa shape index (κ2) is 8.96. The Morgan fingerprint density at radius 3 is 2.31 bits per heavy atom. The third-order valence-electron chi connectivity index (χ3n) is 5.66. The second-order valence-electron chi connectivity index (χ2n) is 7.76. The van der Waals surface area contributed by atoms with Crippen LogP contribution >= 0.6 is 11.8 Å². The number of rotatable bonds is 6. The molecular weight excluding hydrogens is 430 g/mol. The molecule has 8 nitrogen and oxygen atoms in total. The van der Waals surface area contributed by atoms with Gasteiger partial charge in [0.1, 0.15) is 0 Å². The van der Waals surface area contributed by atoms with Gasteiger partial charge >= 0.3 is 0 Å². The number of nitrogens with zero attached hydrogens (tertiary/aromatic N) is 2. The van der Waals surface area contributed by atoms with Crippen LogP contribution in [0.1, 0.15) is 18.4 Å². The molecule has 0 radical (unpaired) electrons. The highest BCUT2D eigenvalue weighted by molar-refractivity contribution is 8.00. The Hall–Kier alpha value is -3.46. The zero-order valence-electron chi connectivity index (χ0n) is 17.3. The first-order valence-electron chi connectivity index (χ1n) is 10.2. The molecule has 2 atom stereocenters. The number of amides is 3. The van der Waals surface area contributed by atoms with Crippen LogP contribution in [0.5, 0.6) is 0 Å². The quantitative estimate of drug-likeness (QED) is 0.233. The van der Waals surface area contributed by atoms with E-state index in [0.29, 0.717) is 29.8 Å². The molecule has 3 amide bonds. The summed E-state index contributed by atoms with van der Waals surface area (Å²) in [5.74, 6) is -1.05. The number of nitro benzene ring substituents is 1. The minimum absolute atomic E-state index is 0.0485. The number of nitrogens with one attached hydrogen (secondary N) is 1. The van der Waals surface area contributed by atoms with Gasteiger partial charge in [-0.15, -0.1) is 11.8 Å². The summed E-state index contributed by atoms with van der Waals surface area (Å²) in [6.45, 7) is 1.64. The number of hydrogen-bond donors (Lipinski definition) is 1. The molecule has 2 aromatic carbocycles. The van der Waals surface area contributed by atoms with E-state index >= 15 is 0 Å².